The molecule has 0 aliphatic heterocycles. The second-order valence-corrected chi connectivity index (χ2v) is 5.95. The second kappa shape index (κ2) is 6.58. The zero-order valence-corrected chi connectivity index (χ0v) is 12.1. The van der Waals surface area contributed by atoms with Crippen molar-refractivity contribution in [2.45, 2.75) is 21.6 Å². The van der Waals surface area contributed by atoms with E-state index in [0.717, 1.165) is 21.6 Å². The van der Waals surface area contributed by atoms with Gasteiger partial charge in [-0.1, -0.05) is 47.8 Å². The average Bonchev–Trinajstić information content (AvgIpc) is 3.17. The smallest absolute Gasteiger partial charge is 0.139 e. The van der Waals surface area contributed by atoms with Gasteiger partial charge in [0, 0.05) is 11.5 Å². The number of aromatic nitrogens is 6. The maximum Gasteiger partial charge on any atom is 0.139 e. The van der Waals surface area contributed by atoms with Crippen LogP contribution in [0, 0.1) is 0 Å². The Morgan fingerprint density at radius 1 is 0.800 bits per heavy atom. The molecule has 0 amide bonds. The molecule has 0 spiro atoms. The molecule has 0 atom stereocenters. The van der Waals surface area contributed by atoms with Crippen LogP contribution in [0.15, 0.2) is 46.7 Å². The highest BCUT2D eigenvalue weighted by Crippen LogP contribution is 2.26. The summed E-state index contributed by atoms with van der Waals surface area (Å²) in [6.45, 7) is 0. The lowest BCUT2D eigenvalue weighted by Crippen LogP contribution is -1.90. The third kappa shape index (κ3) is 3.40. The van der Waals surface area contributed by atoms with Gasteiger partial charge in [0.1, 0.15) is 10.1 Å². The summed E-state index contributed by atoms with van der Waals surface area (Å²) in [4.78, 5) is 0. The number of thioether (sulfide) groups is 2. The van der Waals surface area contributed by atoms with E-state index in [1.54, 1.807) is 35.9 Å². The molecule has 0 unspecified atom stereocenters. The van der Waals surface area contributed by atoms with Gasteiger partial charge < -0.3 is 0 Å². The van der Waals surface area contributed by atoms with Crippen molar-refractivity contribution in [3.05, 3.63) is 47.8 Å². The highest BCUT2D eigenvalue weighted by Gasteiger charge is 2.06. The zero-order chi connectivity index (χ0) is 13.6. The Kier molecular flexibility index (Phi) is 4.34. The summed E-state index contributed by atoms with van der Waals surface area (Å²) in [5.41, 5.74) is 2.60. The summed E-state index contributed by atoms with van der Waals surface area (Å²) >= 11 is 3.34. The van der Waals surface area contributed by atoms with E-state index < -0.39 is 0 Å². The van der Waals surface area contributed by atoms with Crippen molar-refractivity contribution in [2.24, 2.45) is 0 Å². The molecule has 2 heterocycles. The molecule has 0 saturated carbocycles. The third-order valence-corrected chi connectivity index (χ3v) is 4.55. The first-order chi connectivity index (χ1) is 9.92. The lowest BCUT2D eigenvalue weighted by molar-refractivity contribution is 0.910. The van der Waals surface area contributed by atoms with Crippen molar-refractivity contribution in [2.75, 3.05) is 0 Å². The maximum atomic E-state index is 4.05. The predicted octanol–water partition coefficient (Wildman–Crippen LogP) is 2.51. The molecule has 3 aromatic rings. The highest BCUT2D eigenvalue weighted by molar-refractivity contribution is 7.98. The van der Waals surface area contributed by atoms with Crippen molar-refractivity contribution in [3.63, 3.8) is 0 Å². The fourth-order valence-electron chi connectivity index (χ4n) is 1.66. The van der Waals surface area contributed by atoms with Crippen molar-refractivity contribution >= 4 is 23.5 Å². The van der Waals surface area contributed by atoms with Gasteiger partial charge in [0.05, 0.1) is 12.4 Å². The summed E-state index contributed by atoms with van der Waals surface area (Å²) in [5.74, 6) is 1.75. The van der Waals surface area contributed by atoms with E-state index in [1.807, 2.05) is 0 Å². The Hall–Kier alpha value is -1.80. The highest BCUT2D eigenvalue weighted by atomic mass is 32.2. The molecule has 0 aliphatic carbocycles. The number of nitrogens with zero attached hydrogens (tertiary/aromatic N) is 4. The van der Waals surface area contributed by atoms with Crippen molar-refractivity contribution < 1.29 is 0 Å². The number of H-pyrrole nitrogens is 2. The number of aromatic amines is 2. The molecule has 0 fully saturated rings. The van der Waals surface area contributed by atoms with Gasteiger partial charge in [0.2, 0.25) is 0 Å². The molecule has 20 heavy (non-hydrogen) atoms. The van der Waals surface area contributed by atoms with Gasteiger partial charge in [0.15, 0.2) is 0 Å². The lowest BCUT2D eigenvalue weighted by Gasteiger charge is -2.07. The normalized spacial score (nSPS) is 10.8. The molecular formula is C12H12N6S2. The topological polar surface area (TPSA) is 83.1 Å². The molecule has 0 bridgehead atoms. The van der Waals surface area contributed by atoms with E-state index in [4.69, 9.17) is 0 Å². The molecule has 0 aliphatic rings. The molecule has 0 radical (unpaired) electrons. The Morgan fingerprint density at radius 2 is 1.30 bits per heavy atom. The standard InChI is InChI=1S/C12H12N6S2/c1-2-4-10(8-20-12-6-14-18-16-12)9(3-1)7-19-11-5-13-17-15-11/h1-6H,7-8H2,(H,13,15,17)(H,14,16,18). The zero-order valence-electron chi connectivity index (χ0n) is 10.5. The first kappa shape index (κ1) is 13.2. The molecule has 102 valence electrons. The Labute approximate surface area is 124 Å². The van der Waals surface area contributed by atoms with Crippen LogP contribution in [0.25, 0.3) is 0 Å². The van der Waals surface area contributed by atoms with Gasteiger partial charge in [-0.25, -0.2) is 0 Å². The van der Waals surface area contributed by atoms with Gasteiger partial charge >= 0.3 is 0 Å². The summed E-state index contributed by atoms with van der Waals surface area (Å²) in [7, 11) is 0. The number of hydrogen-bond acceptors (Lipinski definition) is 6. The quantitative estimate of drug-likeness (QED) is 0.681. The van der Waals surface area contributed by atoms with Crippen LogP contribution >= 0.6 is 23.5 Å². The van der Waals surface area contributed by atoms with E-state index in [1.165, 1.54) is 11.1 Å². The first-order valence-electron chi connectivity index (χ1n) is 5.96. The first-order valence-corrected chi connectivity index (χ1v) is 7.93. The van der Waals surface area contributed by atoms with E-state index in [2.05, 4.69) is 55.1 Å². The molecule has 2 N–H and O–H groups in total. The van der Waals surface area contributed by atoms with E-state index in [-0.39, 0.29) is 0 Å². The molecule has 8 heteroatoms. The van der Waals surface area contributed by atoms with Crippen LogP contribution in [0.2, 0.25) is 0 Å². The molecule has 0 saturated heterocycles. The van der Waals surface area contributed by atoms with E-state index >= 15 is 0 Å². The average molecular weight is 304 g/mol. The second-order valence-electron chi connectivity index (χ2n) is 3.96. The van der Waals surface area contributed by atoms with Gasteiger partial charge in [-0.05, 0) is 11.1 Å². The molecule has 3 rings (SSSR count). The third-order valence-electron chi connectivity index (χ3n) is 2.66. The predicted molar refractivity (Wildman–Crippen MR) is 78.3 cm³/mol. The van der Waals surface area contributed by atoms with Crippen LogP contribution in [0.4, 0.5) is 0 Å². The van der Waals surface area contributed by atoms with Crippen LogP contribution in [0.1, 0.15) is 11.1 Å². The summed E-state index contributed by atoms with van der Waals surface area (Å²) in [6, 6.07) is 8.41. The maximum absolute atomic E-state index is 4.05. The van der Waals surface area contributed by atoms with Crippen LogP contribution in [-0.4, -0.2) is 30.8 Å². The summed E-state index contributed by atoms with van der Waals surface area (Å²) < 4.78 is 0. The fraction of sp³-hybridized carbons (Fsp3) is 0.167. The molecular weight excluding hydrogens is 292 g/mol. The summed E-state index contributed by atoms with van der Waals surface area (Å²) in [5, 5.41) is 22.8. The van der Waals surface area contributed by atoms with E-state index in [9.17, 15) is 0 Å². The Morgan fingerprint density at radius 3 is 1.70 bits per heavy atom. The molecule has 6 nitrogen and oxygen atoms in total. The van der Waals surface area contributed by atoms with Crippen molar-refractivity contribution in [1.82, 2.24) is 30.8 Å². The van der Waals surface area contributed by atoms with Crippen molar-refractivity contribution in [1.29, 1.82) is 0 Å². The minimum Gasteiger partial charge on any atom is -0.197 e. The number of hydrogen-bond donors (Lipinski definition) is 2. The van der Waals surface area contributed by atoms with Gasteiger partial charge in [-0.3, -0.25) is 0 Å². The van der Waals surface area contributed by atoms with Crippen LogP contribution in [0.5, 0.6) is 0 Å². The number of benzene rings is 1. The SMILES string of the molecule is c1ccc(CSc2cn[nH]n2)c(CSc2cn[nH]n2)c1. The summed E-state index contributed by atoms with van der Waals surface area (Å²) in [6.07, 6.45) is 3.47. The monoisotopic (exact) mass is 304 g/mol. The number of nitrogens with one attached hydrogen (secondary N) is 2. The Balaban J connectivity index is 1.64. The van der Waals surface area contributed by atoms with Crippen LogP contribution < -0.4 is 0 Å². The largest absolute Gasteiger partial charge is 0.197 e. The molecule has 1 aromatic carbocycles. The lowest BCUT2D eigenvalue weighted by atomic mass is 10.1. The fourth-order valence-corrected chi connectivity index (χ4v) is 3.30. The minimum absolute atomic E-state index is 0.877. The van der Waals surface area contributed by atoms with Gasteiger partial charge in [0.25, 0.3) is 0 Å². The molecule has 2 aromatic heterocycles. The van der Waals surface area contributed by atoms with Crippen LogP contribution in [0.3, 0.4) is 0 Å². The van der Waals surface area contributed by atoms with E-state index in [0.29, 0.717) is 0 Å². The van der Waals surface area contributed by atoms with Gasteiger partial charge in [-0.15, -0.1) is 10.2 Å². The van der Waals surface area contributed by atoms with Crippen LogP contribution in [-0.2, 0) is 11.5 Å². The number of rotatable bonds is 6. The Bertz CT molecular complexity index is 581. The van der Waals surface area contributed by atoms with Crippen molar-refractivity contribution in [3.8, 4) is 0 Å². The van der Waals surface area contributed by atoms with Gasteiger partial charge in [-0.2, -0.15) is 20.6 Å². The minimum atomic E-state index is 0.877.